The Morgan fingerprint density at radius 2 is 1.81 bits per heavy atom. The summed E-state index contributed by atoms with van der Waals surface area (Å²) in [4.78, 5) is 6.48. The zero-order valence-electron chi connectivity index (χ0n) is 15.2. The van der Waals surface area contributed by atoms with E-state index < -0.39 is 0 Å². The number of benzene rings is 2. The van der Waals surface area contributed by atoms with Crippen LogP contribution in [0.15, 0.2) is 59.0 Å². The molecule has 1 aromatic heterocycles. The number of nitrogens with one attached hydrogen (secondary N) is 1. The molecule has 0 spiro atoms. The van der Waals surface area contributed by atoms with Crippen LogP contribution in [0.25, 0.3) is 11.5 Å². The van der Waals surface area contributed by atoms with Gasteiger partial charge in [-0.2, -0.15) is 10.2 Å². The van der Waals surface area contributed by atoms with E-state index in [4.69, 9.17) is 4.42 Å². The topological polar surface area (TPSA) is 65.1 Å². The normalized spacial score (nSPS) is 12.0. The van der Waals surface area contributed by atoms with Crippen LogP contribution in [0.4, 0.5) is 5.88 Å². The maximum atomic E-state index is 9.42. The molecule has 0 aliphatic rings. The number of aromatic nitrogens is 1. The Labute approximate surface area is 153 Å². The van der Waals surface area contributed by atoms with Crippen LogP contribution in [-0.4, -0.2) is 30.5 Å². The number of hydrogen-bond donors (Lipinski definition) is 1. The first-order valence-corrected chi connectivity index (χ1v) is 8.52. The second-order valence-corrected chi connectivity index (χ2v) is 6.39. The van der Waals surface area contributed by atoms with Crippen molar-refractivity contribution < 1.29 is 4.42 Å². The molecule has 0 radical (unpaired) electrons. The number of nitriles is 1. The largest absolute Gasteiger partial charge is 0.419 e. The van der Waals surface area contributed by atoms with Crippen molar-refractivity contribution >= 4 is 5.88 Å². The quantitative estimate of drug-likeness (QED) is 0.723. The van der Waals surface area contributed by atoms with Gasteiger partial charge in [0.05, 0.1) is 6.04 Å². The summed E-state index contributed by atoms with van der Waals surface area (Å²) in [5.41, 5.74) is 3.42. The van der Waals surface area contributed by atoms with Crippen molar-refractivity contribution in [2.24, 2.45) is 0 Å². The average molecular weight is 346 g/mol. The number of oxazole rings is 1. The maximum absolute atomic E-state index is 9.42. The van der Waals surface area contributed by atoms with Gasteiger partial charge in [-0.25, -0.2) is 0 Å². The molecule has 5 nitrogen and oxygen atoms in total. The lowest BCUT2D eigenvalue weighted by molar-refractivity contribution is 0.310. The average Bonchev–Trinajstić information content (AvgIpc) is 3.06. The fraction of sp³-hybridized carbons (Fsp3) is 0.238. The Balaban J connectivity index is 1.84. The molecule has 26 heavy (non-hydrogen) atoms. The third kappa shape index (κ3) is 3.76. The predicted molar refractivity (Wildman–Crippen MR) is 103 cm³/mol. The highest BCUT2D eigenvalue weighted by Crippen LogP contribution is 2.28. The highest BCUT2D eigenvalue weighted by Gasteiger charge is 2.19. The molecule has 1 unspecified atom stereocenters. The van der Waals surface area contributed by atoms with Gasteiger partial charge in [0.2, 0.25) is 17.5 Å². The minimum absolute atomic E-state index is 0.148. The van der Waals surface area contributed by atoms with Crippen LogP contribution in [0, 0.1) is 18.3 Å². The molecule has 3 aromatic rings. The van der Waals surface area contributed by atoms with Gasteiger partial charge in [-0.15, -0.1) is 0 Å². The SMILES string of the molecule is Cc1ccccc1-c1nc(C#N)c(NCC(c2ccccc2)N(C)C)o1. The van der Waals surface area contributed by atoms with Crippen molar-refractivity contribution in [3.63, 3.8) is 0 Å². The second kappa shape index (κ2) is 7.85. The molecule has 0 aliphatic heterocycles. The summed E-state index contributed by atoms with van der Waals surface area (Å²) >= 11 is 0. The fourth-order valence-corrected chi connectivity index (χ4v) is 2.91. The molecule has 0 aliphatic carbocycles. The van der Waals surface area contributed by atoms with Crippen LogP contribution in [0.2, 0.25) is 0 Å². The molecule has 5 heteroatoms. The van der Waals surface area contributed by atoms with Crippen LogP contribution in [0.1, 0.15) is 22.9 Å². The lowest BCUT2D eigenvalue weighted by atomic mass is 10.1. The molecular formula is C21H22N4O. The summed E-state index contributed by atoms with van der Waals surface area (Å²) in [5, 5.41) is 12.7. The molecule has 0 amide bonds. The molecule has 3 rings (SSSR count). The van der Waals surface area contributed by atoms with Gasteiger partial charge in [0.25, 0.3) is 0 Å². The molecule has 0 bridgehead atoms. The minimum Gasteiger partial charge on any atom is -0.419 e. The molecule has 132 valence electrons. The van der Waals surface area contributed by atoms with Crippen molar-refractivity contribution in [2.75, 3.05) is 26.0 Å². The van der Waals surface area contributed by atoms with Gasteiger partial charge in [-0.05, 0) is 38.2 Å². The smallest absolute Gasteiger partial charge is 0.232 e. The third-order valence-corrected chi connectivity index (χ3v) is 4.37. The molecule has 1 N–H and O–H groups in total. The zero-order valence-corrected chi connectivity index (χ0v) is 15.2. The number of nitrogens with zero attached hydrogens (tertiary/aromatic N) is 3. The minimum atomic E-state index is 0.148. The van der Waals surface area contributed by atoms with E-state index in [1.165, 1.54) is 5.56 Å². The van der Waals surface area contributed by atoms with Gasteiger partial charge < -0.3 is 14.6 Å². The number of aryl methyl sites for hydroxylation is 1. The Kier molecular flexibility index (Phi) is 5.35. The zero-order chi connectivity index (χ0) is 18.5. The van der Waals surface area contributed by atoms with Crippen molar-refractivity contribution in [3.05, 3.63) is 71.4 Å². The maximum Gasteiger partial charge on any atom is 0.232 e. The third-order valence-electron chi connectivity index (χ3n) is 4.37. The van der Waals surface area contributed by atoms with Crippen LogP contribution < -0.4 is 5.32 Å². The van der Waals surface area contributed by atoms with E-state index in [9.17, 15) is 5.26 Å². The van der Waals surface area contributed by atoms with E-state index in [-0.39, 0.29) is 11.7 Å². The highest BCUT2D eigenvalue weighted by molar-refractivity contribution is 5.62. The van der Waals surface area contributed by atoms with Gasteiger partial charge >= 0.3 is 0 Å². The Morgan fingerprint density at radius 3 is 2.46 bits per heavy atom. The van der Waals surface area contributed by atoms with Crippen molar-refractivity contribution in [1.29, 1.82) is 5.26 Å². The van der Waals surface area contributed by atoms with E-state index in [1.807, 2.05) is 63.5 Å². The second-order valence-electron chi connectivity index (χ2n) is 6.39. The molecule has 0 saturated heterocycles. The molecule has 2 aromatic carbocycles. The van der Waals surface area contributed by atoms with Gasteiger partial charge in [-0.1, -0.05) is 48.5 Å². The summed E-state index contributed by atoms with van der Waals surface area (Å²) in [6, 6.07) is 20.3. The highest BCUT2D eigenvalue weighted by atomic mass is 16.4. The van der Waals surface area contributed by atoms with E-state index in [1.54, 1.807) is 0 Å². The Bertz CT molecular complexity index is 909. The first kappa shape index (κ1) is 17.7. The summed E-state index contributed by atoms with van der Waals surface area (Å²) < 4.78 is 5.88. The first-order valence-electron chi connectivity index (χ1n) is 8.52. The van der Waals surface area contributed by atoms with E-state index in [0.29, 0.717) is 18.3 Å². The Hall–Kier alpha value is -3.10. The predicted octanol–water partition coefficient (Wildman–Crippen LogP) is 4.24. The molecule has 0 saturated carbocycles. The first-order chi connectivity index (χ1) is 12.6. The van der Waals surface area contributed by atoms with E-state index >= 15 is 0 Å². The van der Waals surface area contributed by atoms with E-state index in [0.717, 1.165) is 11.1 Å². The van der Waals surface area contributed by atoms with Crippen LogP contribution in [0.5, 0.6) is 0 Å². The van der Waals surface area contributed by atoms with Gasteiger partial charge in [0, 0.05) is 12.1 Å². The van der Waals surface area contributed by atoms with Crippen molar-refractivity contribution in [2.45, 2.75) is 13.0 Å². The van der Waals surface area contributed by atoms with Crippen LogP contribution >= 0.6 is 0 Å². The lowest BCUT2D eigenvalue weighted by Gasteiger charge is -2.24. The standard InChI is InChI=1S/C21H22N4O/c1-15-9-7-8-12-17(15)20-24-18(13-22)21(26-20)23-14-19(25(2)3)16-10-5-4-6-11-16/h4-12,19,23H,14H2,1-3H3. The Morgan fingerprint density at radius 1 is 1.12 bits per heavy atom. The summed E-state index contributed by atoms with van der Waals surface area (Å²) in [6.07, 6.45) is 0. The van der Waals surface area contributed by atoms with E-state index in [2.05, 4.69) is 33.4 Å². The number of hydrogen-bond acceptors (Lipinski definition) is 5. The molecular weight excluding hydrogens is 324 g/mol. The molecule has 0 fully saturated rings. The van der Waals surface area contributed by atoms with Crippen LogP contribution in [-0.2, 0) is 0 Å². The summed E-state index contributed by atoms with van der Waals surface area (Å²) in [7, 11) is 4.06. The number of rotatable bonds is 6. The van der Waals surface area contributed by atoms with Gasteiger partial charge in [0.15, 0.2) is 0 Å². The molecule has 1 atom stereocenters. The fourth-order valence-electron chi connectivity index (χ4n) is 2.91. The van der Waals surface area contributed by atoms with Gasteiger partial charge in [-0.3, -0.25) is 0 Å². The monoisotopic (exact) mass is 346 g/mol. The lowest BCUT2D eigenvalue weighted by Crippen LogP contribution is -2.26. The van der Waals surface area contributed by atoms with Crippen LogP contribution in [0.3, 0.4) is 0 Å². The van der Waals surface area contributed by atoms with Gasteiger partial charge in [0.1, 0.15) is 6.07 Å². The molecule has 1 heterocycles. The van der Waals surface area contributed by atoms with Crippen molar-refractivity contribution in [3.8, 4) is 17.5 Å². The number of anilines is 1. The van der Waals surface area contributed by atoms with Crippen molar-refractivity contribution in [1.82, 2.24) is 9.88 Å². The summed E-state index contributed by atoms with van der Waals surface area (Å²) in [5.74, 6) is 0.872. The number of likely N-dealkylation sites (N-methyl/N-ethyl adjacent to an activating group) is 1. The summed E-state index contributed by atoms with van der Waals surface area (Å²) in [6.45, 7) is 2.60.